The highest BCUT2D eigenvalue weighted by molar-refractivity contribution is 5.92. The number of aliphatic hydroxyl groups is 1. The minimum Gasteiger partial charge on any atom is -0.462 e. The lowest BCUT2D eigenvalue weighted by molar-refractivity contribution is -0.0501. The monoisotopic (exact) mass is 271 g/mol. The summed E-state index contributed by atoms with van der Waals surface area (Å²) in [6.07, 6.45) is 0. The van der Waals surface area contributed by atoms with Gasteiger partial charge in [0.05, 0.1) is 24.3 Å². The summed E-state index contributed by atoms with van der Waals surface area (Å²) in [7, 11) is 0. The molecule has 5 nitrogen and oxygen atoms in total. The molecule has 0 spiro atoms. The highest BCUT2D eigenvalue weighted by atomic mass is 19.3. The van der Waals surface area contributed by atoms with Crippen LogP contribution in [0.25, 0.3) is 0 Å². The maximum Gasteiger partial charge on any atom is 0.387 e. The highest BCUT2D eigenvalue weighted by Gasteiger charge is 2.19. The van der Waals surface area contributed by atoms with Gasteiger partial charge in [0.2, 0.25) is 0 Å². The Hall–Kier alpha value is -2.20. The summed E-state index contributed by atoms with van der Waals surface area (Å²) in [6, 6.07) is 3.73. The fourth-order valence-electron chi connectivity index (χ4n) is 1.44. The summed E-state index contributed by atoms with van der Waals surface area (Å²) in [5.74, 6) is -1.21. The molecule has 0 aliphatic heterocycles. The van der Waals surface area contributed by atoms with Gasteiger partial charge in [-0.2, -0.15) is 14.0 Å². The van der Waals surface area contributed by atoms with Gasteiger partial charge in [-0.15, -0.1) is 0 Å². The van der Waals surface area contributed by atoms with Crippen LogP contribution in [0.2, 0.25) is 0 Å². The van der Waals surface area contributed by atoms with Gasteiger partial charge in [0.15, 0.2) is 0 Å². The Labute approximate surface area is 108 Å². The van der Waals surface area contributed by atoms with Crippen LogP contribution in [0.15, 0.2) is 12.1 Å². The van der Waals surface area contributed by atoms with Crippen molar-refractivity contribution in [3.05, 3.63) is 28.8 Å². The second kappa shape index (κ2) is 6.66. The molecule has 0 saturated carbocycles. The molecule has 0 bridgehead atoms. The number of hydrogen-bond donors (Lipinski definition) is 1. The number of aliphatic hydroxyl groups excluding tert-OH is 1. The molecule has 19 heavy (non-hydrogen) atoms. The van der Waals surface area contributed by atoms with E-state index in [9.17, 15) is 13.6 Å². The molecule has 0 saturated heterocycles. The summed E-state index contributed by atoms with van der Waals surface area (Å²) >= 11 is 0. The van der Waals surface area contributed by atoms with Gasteiger partial charge < -0.3 is 14.6 Å². The predicted molar refractivity (Wildman–Crippen MR) is 59.7 cm³/mol. The molecule has 0 fully saturated rings. The minimum absolute atomic E-state index is 0.0920. The molecule has 1 aromatic rings. The summed E-state index contributed by atoms with van der Waals surface area (Å²) < 4.78 is 33.3. The highest BCUT2D eigenvalue weighted by Crippen LogP contribution is 2.25. The predicted octanol–water partition coefficient (Wildman–Crippen LogP) is 1.83. The number of esters is 1. The number of rotatable bonds is 5. The van der Waals surface area contributed by atoms with Crippen molar-refractivity contribution in [1.29, 1.82) is 5.26 Å². The number of carbonyl (C=O) groups excluding carboxylic acids is 1. The number of nitriles is 1. The third kappa shape index (κ3) is 3.63. The van der Waals surface area contributed by atoms with E-state index in [0.29, 0.717) is 0 Å². The first-order valence-corrected chi connectivity index (χ1v) is 5.33. The Morgan fingerprint density at radius 3 is 2.68 bits per heavy atom. The van der Waals surface area contributed by atoms with Crippen LogP contribution in [0.3, 0.4) is 0 Å². The molecule has 0 amide bonds. The smallest absolute Gasteiger partial charge is 0.387 e. The summed E-state index contributed by atoms with van der Waals surface area (Å²) in [5, 5.41) is 17.9. The van der Waals surface area contributed by atoms with E-state index in [2.05, 4.69) is 4.74 Å². The molecule has 0 atom stereocenters. The van der Waals surface area contributed by atoms with Gasteiger partial charge in [-0.05, 0) is 24.6 Å². The molecule has 102 valence electrons. The van der Waals surface area contributed by atoms with E-state index in [1.54, 1.807) is 13.0 Å². The van der Waals surface area contributed by atoms with Gasteiger partial charge in [0.25, 0.3) is 0 Å². The quantitative estimate of drug-likeness (QED) is 0.826. The molecule has 0 unspecified atom stereocenters. The van der Waals surface area contributed by atoms with Crippen molar-refractivity contribution in [1.82, 2.24) is 0 Å². The number of ether oxygens (including phenoxy) is 2. The molecule has 1 N–H and O–H groups in total. The van der Waals surface area contributed by atoms with Crippen LogP contribution in [0.1, 0.15) is 28.4 Å². The second-order valence-electron chi connectivity index (χ2n) is 3.37. The first-order chi connectivity index (χ1) is 9.03. The van der Waals surface area contributed by atoms with E-state index in [-0.39, 0.29) is 23.3 Å². The molecule has 1 aromatic carbocycles. The topological polar surface area (TPSA) is 79.5 Å². The third-order valence-electron chi connectivity index (χ3n) is 2.21. The number of nitrogens with zero attached hydrogens (tertiary/aromatic N) is 1. The van der Waals surface area contributed by atoms with Crippen LogP contribution in [0.5, 0.6) is 5.75 Å². The first kappa shape index (κ1) is 14.9. The molecule has 7 heteroatoms. The molecular formula is C12H11F2NO4. The van der Waals surface area contributed by atoms with Gasteiger partial charge in [-0.3, -0.25) is 0 Å². The lowest BCUT2D eigenvalue weighted by atomic mass is 10.0. The van der Waals surface area contributed by atoms with Crippen LogP contribution in [0, 0.1) is 11.3 Å². The van der Waals surface area contributed by atoms with Gasteiger partial charge in [0.1, 0.15) is 11.8 Å². The molecule has 0 aliphatic carbocycles. The number of alkyl halides is 2. The molecule has 1 rings (SSSR count). The zero-order valence-corrected chi connectivity index (χ0v) is 10.0. The van der Waals surface area contributed by atoms with E-state index in [0.717, 1.165) is 12.1 Å². The van der Waals surface area contributed by atoms with E-state index in [1.807, 2.05) is 0 Å². The Balaban J connectivity index is 3.29. The maximum atomic E-state index is 12.2. The average molecular weight is 271 g/mol. The van der Waals surface area contributed by atoms with Crippen molar-refractivity contribution in [2.24, 2.45) is 0 Å². The van der Waals surface area contributed by atoms with Gasteiger partial charge in [0, 0.05) is 0 Å². The van der Waals surface area contributed by atoms with Gasteiger partial charge in [-0.25, -0.2) is 4.79 Å². The second-order valence-corrected chi connectivity index (χ2v) is 3.37. The van der Waals surface area contributed by atoms with Crippen LogP contribution in [-0.2, 0) is 11.3 Å². The minimum atomic E-state index is -3.12. The van der Waals surface area contributed by atoms with Crippen LogP contribution >= 0.6 is 0 Å². The Morgan fingerprint density at radius 2 is 2.21 bits per heavy atom. The van der Waals surface area contributed by atoms with Crippen molar-refractivity contribution in [2.75, 3.05) is 6.61 Å². The van der Waals surface area contributed by atoms with E-state index in [1.165, 1.54) is 0 Å². The average Bonchev–Trinajstić information content (AvgIpc) is 2.37. The van der Waals surface area contributed by atoms with E-state index >= 15 is 0 Å². The van der Waals surface area contributed by atoms with Crippen molar-refractivity contribution in [2.45, 2.75) is 20.1 Å². The van der Waals surface area contributed by atoms with Crippen molar-refractivity contribution in [3.8, 4) is 11.8 Å². The van der Waals surface area contributed by atoms with Gasteiger partial charge in [-0.1, -0.05) is 0 Å². The normalized spacial score (nSPS) is 10.1. The Kier molecular flexibility index (Phi) is 5.21. The fourth-order valence-corrected chi connectivity index (χ4v) is 1.44. The number of benzene rings is 1. The number of hydrogen-bond acceptors (Lipinski definition) is 5. The number of halogens is 2. The van der Waals surface area contributed by atoms with Crippen LogP contribution in [0.4, 0.5) is 8.78 Å². The standard InChI is InChI=1S/C12H11F2NO4/c1-2-18-11(17)9-4-10(19-12(13)14)7(5-15)3-8(9)6-16/h3-4,12,16H,2,6H2,1H3. The van der Waals surface area contributed by atoms with Crippen molar-refractivity contribution in [3.63, 3.8) is 0 Å². The third-order valence-corrected chi connectivity index (χ3v) is 2.21. The lowest BCUT2D eigenvalue weighted by Crippen LogP contribution is -2.11. The maximum absolute atomic E-state index is 12.2. The van der Waals surface area contributed by atoms with Crippen LogP contribution < -0.4 is 4.74 Å². The largest absolute Gasteiger partial charge is 0.462 e. The zero-order valence-electron chi connectivity index (χ0n) is 10.0. The van der Waals surface area contributed by atoms with E-state index in [4.69, 9.17) is 15.1 Å². The van der Waals surface area contributed by atoms with E-state index < -0.39 is 24.9 Å². The molecule has 0 aliphatic rings. The SMILES string of the molecule is CCOC(=O)c1cc(OC(F)F)c(C#N)cc1CO. The molecule has 0 heterocycles. The summed E-state index contributed by atoms with van der Waals surface area (Å²) in [5.41, 5.74) is -0.201. The van der Waals surface area contributed by atoms with Crippen LogP contribution in [-0.4, -0.2) is 24.3 Å². The molecule has 0 radical (unpaired) electrons. The summed E-state index contributed by atoms with van der Waals surface area (Å²) in [4.78, 5) is 11.6. The Morgan fingerprint density at radius 1 is 1.53 bits per heavy atom. The van der Waals surface area contributed by atoms with Crippen molar-refractivity contribution < 1.29 is 28.2 Å². The lowest BCUT2D eigenvalue weighted by Gasteiger charge is -2.12. The Bertz CT molecular complexity index is 511. The molecular weight excluding hydrogens is 260 g/mol. The van der Waals surface area contributed by atoms with Gasteiger partial charge >= 0.3 is 12.6 Å². The zero-order chi connectivity index (χ0) is 14.4. The number of carbonyl (C=O) groups is 1. The fraction of sp³-hybridized carbons (Fsp3) is 0.333. The van der Waals surface area contributed by atoms with Crippen molar-refractivity contribution >= 4 is 5.97 Å². The summed E-state index contributed by atoms with van der Waals surface area (Å²) in [6.45, 7) is -1.98. The molecule has 0 aromatic heterocycles. The first-order valence-electron chi connectivity index (χ1n) is 5.33.